The van der Waals surface area contributed by atoms with E-state index in [1.165, 1.54) is 0 Å². The molecule has 1 saturated heterocycles. The first kappa shape index (κ1) is 16.0. The first-order valence-corrected chi connectivity index (χ1v) is 8.27. The Kier molecular flexibility index (Phi) is 5.25. The quantitative estimate of drug-likeness (QED) is 0.796. The number of unbranched alkanes of at least 4 members (excludes halogenated alkanes) is 1. The number of hydrogen-bond donors (Lipinski definition) is 2. The van der Waals surface area contributed by atoms with Gasteiger partial charge in [0.2, 0.25) is 0 Å². The van der Waals surface area contributed by atoms with Gasteiger partial charge in [0.05, 0.1) is 18.7 Å². The number of nitrogens with zero attached hydrogens (tertiary/aromatic N) is 2. The molecule has 0 unspecified atom stereocenters. The predicted molar refractivity (Wildman–Crippen MR) is 89.7 cm³/mol. The van der Waals surface area contributed by atoms with Gasteiger partial charge >= 0.3 is 0 Å². The SMILES string of the molecule is Cc1ccc2[nH]nc(C(=O)NCCCCN3CCOCC3)c2c1. The molecule has 1 aromatic carbocycles. The highest BCUT2D eigenvalue weighted by atomic mass is 16.5. The minimum absolute atomic E-state index is 0.103. The maximum absolute atomic E-state index is 12.3. The van der Waals surface area contributed by atoms with Crippen molar-refractivity contribution < 1.29 is 9.53 Å². The summed E-state index contributed by atoms with van der Waals surface area (Å²) in [6.07, 6.45) is 2.06. The molecule has 1 amide bonds. The monoisotopic (exact) mass is 316 g/mol. The van der Waals surface area contributed by atoms with Crippen LogP contribution in [0.15, 0.2) is 18.2 Å². The molecular weight excluding hydrogens is 292 g/mol. The van der Waals surface area contributed by atoms with Crippen molar-refractivity contribution in [3.8, 4) is 0 Å². The maximum atomic E-state index is 12.3. The summed E-state index contributed by atoms with van der Waals surface area (Å²) in [7, 11) is 0. The van der Waals surface area contributed by atoms with Gasteiger partial charge < -0.3 is 10.1 Å². The van der Waals surface area contributed by atoms with Crippen molar-refractivity contribution in [1.82, 2.24) is 20.4 Å². The average molecular weight is 316 g/mol. The Bertz CT molecular complexity index is 662. The van der Waals surface area contributed by atoms with E-state index < -0.39 is 0 Å². The molecule has 0 atom stereocenters. The van der Waals surface area contributed by atoms with Crippen LogP contribution in [0.3, 0.4) is 0 Å². The van der Waals surface area contributed by atoms with Crippen molar-refractivity contribution >= 4 is 16.8 Å². The summed E-state index contributed by atoms with van der Waals surface area (Å²) in [5, 5.41) is 10.9. The largest absolute Gasteiger partial charge is 0.379 e. The molecule has 0 radical (unpaired) electrons. The summed E-state index contributed by atoms with van der Waals surface area (Å²) in [6.45, 7) is 7.48. The first-order valence-electron chi connectivity index (χ1n) is 8.27. The van der Waals surface area contributed by atoms with Gasteiger partial charge in [-0.15, -0.1) is 0 Å². The van der Waals surface area contributed by atoms with Crippen LogP contribution in [0, 0.1) is 6.92 Å². The molecule has 0 aliphatic carbocycles. The van der Waals surface area contributed by atoms with Gasteiger partial charge in [-0.1, -0.05) is 11.6 Å². The van der Waals surface area contributed by atoms with Gasteiger partial charge in [-0.3, -0.25) is 14.8 Å². The number of nitrogens with one attached hydrogen (secondary N) is 2. The number of fused-ring (bicyclic) bond motifs is 1. The summed E-state index contributed by atoms with van der Waals surface area (Å²) < 4.78 is 5.33. The van der Waals surface area contributed by atoms with E-state index in [4.69, 9.17) is 4.74 Å². The van der Waals surface area contributed by atoms with Crippen molar-refractivity contribution in [2.75, 3.05) is 39.4 Å². The number of aromatic amines is 1. The summed E-state index contributed by atoms with van der Waals surface area (Å²) >= 11 is 0. The third kappa shape index (κ3) is 4.09. The zero-order chi connectivity index (χ0) is 16.1. The molecule has 2 N–H and O–H groups in total. The molecule has 2 aromatic rings. The number of carbonyl (C=O) groups is 1. The highest BCUT2D eigenvalue weighted by molar-refractivity contribution is 6.04. The van der Waals surface area contributed by atoms with Crippen molar-refractivity contribution in [3.63, 3.8) is 0 Å². The normalized spacial score (nSPS) is 15.9. The fraction of sp³-hybridized carbons (Fsp3) is 0.529. The number of aromatic nitrogens is 2. The summed E-state index contributed by atoms with van der Waals surface area (Å²) in [5.74, 6) is -0.103. The van der Waals surface area contributed by atoms with E-state index in [0.29, 0.717) is 12.2 Å². The third-order valence-corrected chi connectivity index (χ3v) is 4.22. The molecule has 6 heteroatoms. The number of H-pyrrole nitrogens is 1. The van der Waals surface area contributed by atoms with Crippen LogP contribution >= 0.6 is 0 Å². The Morgan fingerprint density at radius 1 is 1.35 bits per heavy atom. The van der Waals surface area contributed by atoms with E-state index >= 15 is 0 Å². The molecule has 1 aliphatic heterocycles. The van der Waals surface area contributed by atoms with Crippen LogP contribution < -0.4 is 5.32 Å². The summed E-state index contributed by atoms with van der Waals surface area (Å²) in [5.41, 5.74) is 2.50. The molecule has 0 spiro atoms. The highest BCUT2D eigenvalue weighted by Gasteiger charge is 2.14. The van der Waals surface area contributed by atoms with Crippen LogP contribution in [0.1, 0.15) is 28.9 Å². The lowest BCUT2D eigenvalue weighted by atomic mass is 10.1. The van der Waals surface area contributed by atoms with Gasteiger partial charge in [0.15, 0.2) is 5.69 Å². The minimum Gasteiger partial charge on any atom is -0.379 e. The molecule has 0 bridgehead atoms. The Morgan fingerprint density at radius 3 is 3.00 bits per heavy atom. The number of carbonyl (C=O) groups excluding carboxylic acids is 1. The molecule has 2 heterocycles. The maximum Gasteiger partial charge on any atom is 0.272 e. The third-order valence-electron chi connectivity index (χ3n) is 4.22. The lowest BCUT2D eigenvalue weighted by molar-refractivity contribution is 0.0372. The van der Waals surface area contributed by atoms with E-state index in [1.807, 2.05) is 25.1 Å². The smallest absolute Gasteiger partial charge is 0.272 e. The number of rotatable bonds is 6. The Labute approximate surface area is 136 Å². The number of ether oxygens (including phenoxy) is 1. The van der Waals surface area contributed by atoms with Gasteiger partial charge in [0.25, 0.3) is 5.91 Å². The fourth-order valence-electron chi connectivity index (χ4n) is 2.87. The van der Waals surface area contributed by atoms with Crippen molar-refractivity contribution in [2.45, 2.75) is 19.8 Å². The van der Waals surface area contributed by atoms with Crippen molar-refractivity contribution in [3.05, 3.63) is 29.5 Å². The molecule has 6 nitrogen and oxygen atoms in total. The summed E-state index contributed by atoms with van der Waals surface area (Å²) in [6, 6.07) is 5.96. The second kappa shape index (κ2) is 7.57. The van der Waals surface area contributed by atoms with Crippen LogP contribution in [-0.4, -0.2) is 60.4 Å². The van der Waals surface area contributed by atoms with Gasteiger partial charge in [0.1, 0.15) is 0 Å². The van der Waals surface area contributed by atoms with Crippen molar-refractivity contribution in [2.24, 2.45) is 0 Å². The van der Waals surface area contributed by atoms with Crippen LogP contribution in [0.2, 0.25) is 0 Å². The number of amides is 1. The van der Waals surface area contributed by atoms with E-state index in [9.17, 15) is 4.79 Å². The van der Waals surface area contributed by atoms with Crippen molar-refractivity contribution in [1.29, 1.82) is 0 Å². The molecule has 0 saturated carbocycles. The second-order valence-electron chi connectivity index (χ2n) is 6.04. The Morgan fingerprint density at radius 2 is 2.17 bits per heavy atom. The zero-order valence-corrected chi connectivity index (χ0v) is 13.6. The van der Waals surface area contributed by atoms with E-state index in [2.05, 4.69) is 20.4 Å². The number of morpholine rings is 1. The molecule has 124 valence electrons. The lowest BCUT2D eigenvalue weighted by Crippen LogP contribution is -2.37. The molecule has 3 rings (SSSR count). The first-order chi connectivity index (χ1) is 11.2. The molecule has 23 heavy (non-hydrogen) atoms. The predicted octanol–water partition coefficient (Wildman–Crippen LogP) is 1.71. The van der Waals surface area contributed by atoms with Crippen LogP contribution in [0.5, 0.6) is 0 Å². The summed E-state index contributed by atoms with van der Waals surface area (Å²) in [4.78, 5) is 14.7. The van der Waals surface area contributed by atoms with Gasteiger partial charge in [-0.05, 0) is 38.4 Å². The van der Waals surface area contributed by atoms with E-state index in [-0.39, 0.29) is 5.91 Å². The standard InChI is InChI=1S/C17H24N4O2/c1-13-4-5-15-14(12-13)16(20-19-15)17(22)18-6-2-3-7-21-8-10-23-11-9-21/h4-5,12H,2-3,6-11H2,1H3,(H,18,22)(H,19,20). The molecule has 1 aromatic heterocycles. The molecular formula is C17H24N4O2. The minimum atomic E-state index is -0.103. The Balaban J connectivity index is 1.44. The van der Waals surface area contributed by atoms with E-state index in [0.717, 1.165) is 62.2 Å². The Hall–Kier alpha value is -1.92. The zero-order valence-electron chi connectivity index (χ0n) is 13.6. The molecule has 1 fully saturated rings. The number of hydrogen-bond acceptors (Lipinski definition) is 4. The topological polar surface area (TPSA) is 70.2 Å². The second-order valence-corrected chi connectivity index (χ2v) is 6.04. The van der Waals surface area contributed by atoms with Crippen LogP contribution in [-0.2, 0) is 4.74 Å². The fourth-order valence-corrected chi connectivity index (χ4v) is 2.87. The van der Waals surface area contributed by atoms with Gasteiger partial charge in [-0.25, -0.2) is 0 Å². The van der Waals surface area contributed by atoms with Crippen LogP contribution in [0.25, 0.3) is 10.9 Å². The van der Waals surface area contributed by atoms with Gasteiger partial charge in [0, 0.05) is 25.0 Å². The highest BCUT2D eigenvalue weighted by Crippen LogP contribution is 2.17. The molecule has 1 aliphatic rings. The average Bonchev–Trinajstić information content (AvgIpc) is 2.98. The number of benzene rings is 1. The lowest BCUT2D eigenvalue weighted by Gasteiger charge is -2.26. The number of aryl methyl sites for hydroxylation is 1. The van der Waals surface area contributed by atoms with Gasteiger partial charge in [-0.2, -0.15) is 5.10 Å². The van der Waals surface area contributed by atoms with E-state index in [1.54, 1.807) is 0 Å². The van der Waals surface area contributed by atoms with Crippen LogP contribution in [0.4, 0.5) is 0 Å².